The minimum atomic E-state index is -0.422. The van der Waals surface area contributed by atoms with Crippen molar-refractivity contribution >= 4 is 11.6 Å². The number of amides is 1. The molecule has 1 amide bonds. The minimum Gasteiger partial charge on any atom is -0.384 e. The van der Waals surface area contributed by atoms with Gasteiger partial charge in [-0.2, -0.15) is 0 Å². The van der Waals surface area contributed by atoms with Crippen molar-refractivity contribution in [2.45, 2.75) is 32.1 Å². The van der Waals surface area contributed by atoms with Crippen LogP contribution in [0.5, 0.6) is 0 Å². The summed E-state index contributed by atoms with van der Waals surface area (Å²) in [6, 6.07) is 18.8. The standard InChI is InChI=1S/C23H30N2O2/c1-27-18-23(14-16-24-17-15-23)22(26)25-21-12-10-20(11-13-21)9-5-8-19-6-3-2-4-7-19/h2-4,6-7,10-13,24H,5,8-9,14-18H2,1H3,(H,25,26). The van der Waals surface area contributed by atoms with Gasteiger partial charge in [0.15, 0.2) is 0 Å². The van der Waals surface area contributed by atoms with Crippen LogP contribution in [0.4, 0.5) is 5.69 Å². The second kappa shape index (κ2) is 9.67. The van der Waals surface area contributed by atoms with Crippen molar-refractivity contribution in [2.75, 3.05) is 32.1 Å². The van der Waals surface area contributed by atoms with Crippen LogP contribution in [-0.4, -0.2) is 32.7 Å². The van der Waals surface area contributed by atoms with Crippen LogP contribution in [0.3, 0.4) is 0 Å². The number of carbonyl (C=O) groups is 1. The number of nitrogens with one attached hydrogen (secondary N) is 2. The molecular weight excluding hydrogens is 336 g/mol. The van der Waals surface area contributed by atoms with Crippen LogP contribution < -0.4 is 10.6 Å². The summed E-state index contributed by atoms with van der Waals surface area (Å²) in [6.07, 6.45) is 4.88. The zero-order valence-electron chi connectivity index (χ0n) is 16.2. The molecule has 3 rings (SSSR count). The number of anilines is 1. The molecule has 144 valence electrons. The maximum Gasteiger partial charge on any atom is 0.233 e. The number of hydrogen-bond acceptors (Lipinski definition) is 3. The highest BCUT2D eigenvalue weighted by molar-refractivity contribution is 5.95. The topological polar surface area (TPSA) is 50.4 Å². The fourth-order valence-electron chi connectivity index (χ4n) is 3.78. The molecule has 0 bridgehead atoms. The van der Waals surface area contributed by atoms with E-state index in [4.69, 9.17) is 4.74 Å². The van der Waals surface area contributed by atoms with E-state index < -0.39 is 5.41 Å². The zero-order valence-corrected chi connectivity index (χ0v) is 16.2. The summed E-state index contributed by atoms with van der Waals surface area (Å²) >= 11 is 0. The number of ether oxygens (including phenoxy) is 1. The van der Waals surface area contributed by atoms with E-state index in [2.05, 4.69) is 53.1 Å². The van der Waals surface area contributed by atoms with Crippen molar-refractivity contribution in [2.24, 2.45) is 5.41 Å². The number of rotatable bonds is 8. The summed E-state index contributed by atoms with van der Waals surface area (Å²) in [5.41, 5.74) is 3.12. The Labute approximate surface area is 162 Å². The van der Waals surface area contributed by atoms with Crippen LogP contribution in [-0.2, 0) is 22.4 Å². The van der Waals surface area contributed by atoms with Crippen molar-refractivity contribution in [3.63, 3.8) is 0 Å². The van der Waals surface area contributed by atoms with Gasteiger partial charge in [-0.05, 0) is 68.5 Å². The Morgan fingerprint density at radius 2 is 1.63 bits per heavy atom. The summed E-state index contributed by atoms with van der Waals surface area (Å²) in [6.45, 7) is 2.19. The van der Waals surface area contributed by atoms with Crippen LogP contribution in [0.15, 0.2) is 54.6 Å². The lowest BCUT2D eigenvalue weighted by molar-refractivity contribution is -0.130. The number of carbonyl (C=O) groups excluding carboxylic acids is 1. The molecule has 1 heterocycles. The SMILES string of the molecule is COCC1(C(=O)Nc2ccc(CCCc3ccccc3)cc2)CCNCC1. The van der Waals surface area contributed by atoms with E-state index >= 15 is 0 Å². The highest BCUT2D eigenvalue weighted by Gasteiger charge is 2.39. The minimum absolute atomic E-state index is 0.0719. The van der Waals surface area contributed by atoms with Gasteiger partial charge < -0.3 is 15.4 Å². The first-order valence-electron chi connectivity index (χ1n) is 9.86. The summed E-state index contributed by atoms with van der Waals surface area (Å²) in [5.74, 6) is 0.0719. The Morgan fingerprint density at radius 1 is 1.00 bits per heavy atom. The molecule has 0 unspecified atom stereocenters. The molecule has 0 atom stereocenters. The highest BCUT2D eigenvalue weighted by atomic mass is 16.5. The molecule has 0 saturated carbocycles. The Morgan fingerprint density at radius 3 is 2.26 bits per heavy atom. The molecule has 0 radical (unpaired) electrons. The molecule has 1 aliphatic heterocycles. The first kappa shape index (κ1) is 19.6. The lowest BCUT2D eigenvalue weighted by atomic mass is 9.78. The second-order valence-electron chi connectivity index (χ2n) is 7.45. The van der Waals surface area contributed by atoms with Gasteiger partial charge in [-0.25, -0.2) is 0 Å². The molecule has 1 fully saturated rings. The quantitative estimate of drug-likeness (QED) is 0.747. The molecule has 2 aromatic rings. The Balaban J connectivity index is 1.52. The third kappa shape index (κ3) is 5.41. The summed E-state index contributed by atoms with van der Waals surface area (Å²) in [5, 5.41) is 6.42. The largest absolute Gasteiger partial charge is 0.384 e. The number of piperidine rings is 1. The van der Waals surface area contributed by atoms with Crippen LogP contribution in [0, 0.1) is 5.41 Å². The number of hydrogen-bond donors (Lipinski definition) is 2. The smallest absolute Gasteiger partial charge is 0.233 e. The van der Waals surface area contributed by atoms with Gasteiger partial charge in [-0.1, -0.05) is 42.5 Å². The number of benzene rings is 2. The number of methoxy groups -OCH3 is 1. The molecule has 0 spiro atoms. The Bertz CT molecular complexity index is 701. The molecule has 1 aliphatic rings. The lowest BCUT2D eigenvalue weighted by Crippen LogP contribution is -2.47. The van der Waals surface area contributed by atoms with E-state index in [1.54, 1.807) is 7.11 Å². The van der Waals surface area contributed by atoms with Gasteiger partial charge in [0.25, 0.3) is 0 Å². The van der Waals surface area contributed by atoms with E-state index in [9.17, 15) is 4.79 Å². The van der Waals surface area contributed by atoms with E-state index in [1.807, 2.05) is 12.1 Å². The average Bonchev–Trinajstić information content (AvgIpc) is 2.71. The molecule has 27 heavy (non-hydrogen) atoms. The molecule has 4 nitrogen and oxygen atoms in total. The second-order valence-corrected chi connectivity index (χ2v) is 7.45. The summed E-state index contributed by atoms with van der Waals surface area (Å²) in [7, 11) is 1.67. The van der Waals surface area contributed by atoms with E-state index in [-0.39, 0.29) is 5.91 Å². The van der Waals surface area contributed by atoms with Gasteiger partial charge in [0, 0.05) is 12.8 Å². The normalized spacial score (nSPS) is 16.0. The van der Waals surface area contributed by atoms with Crippen LogP contribution in [0.1, 0.15) is 30.4 Å². The summed E-state index contributed by atoms with van der Waals surface area (Å²) < 4.78 is 5.35. The van der Waals surface area contributed by atoms with Crippen molar-refractivity contribution in [3.05, 3.63) is 65.7 Å². The highest BCUT2D eigenvalue weighted by Crippen LogP contribution is 2.31. The fourth-order valence-corrected chi connectivity index (χ4v) is 3.78. The van der Waals surface area contributed by atoms with Crippen LogP contribution in [0.2, 0.25) is 0 Å². The van der Waals surface area contributed by atoms with E-state index in [1.165, 1.54) is 11.1 Å². The maximum absolute atomic E-state index is 12.9. The molecule has 0 aliphatic carbocycles. The third-order valence-corrected chi connectivity index (χ3v) is 5.45. The molecule has 1 saturated heterocycles. The van der Waals surface area contributed by atoms with Gasteiger partial charge in [0.2, 0.25) is 5.91 Å². The lowest BCUT2D eigenvalue weighted by Gasteiger charge is -2.35. The van der Waals surface area contributed by atoms with E-state index in [0.29, 0.717) is 6.61 Å². The van der Waals surface area contributed by atoms with Crippen molar-refractivity contribution in [1.82, 2.24) is 5.32 Å². The van der Waals surface area contributed by atoms with Crippen LogP contribution >= 0.6 is 0 Å². The summed E-state index contributed by atoms with van der Waals surface area (Å²) in [4.78, 5) is 12.9. The predicted octanol–water partition coefficient (Wildman–Crippen LogP) is 3.82. The molecule has 0 aromatic heterocycles. The first-order valence-corrected chi connectivity index (χ1v) is 9.86. The third-order valence-electron chi connectivity index (χ3n) is 5.45. The van der Waals surface area contributed by atoms with Crippen molar-refractivity contribution in [3.8, 4) is 0 Å². The molecular formula is C23H30N2O2. The van der Waals surface area contributed by atoms with Gasteiger partial charge in [0.1, 0.15) is 0 Å². The first-order chi connectivity index (χ1) is 13.2. The zero-order chi connectivity index (χ0) is 19.0. The molecule has 2 N–H and O–H groups in total. The van der Waals surface area contributed by atoms with Gasteiger partial charge in [0.05, 0.1) is 12.0 Å². The number of aryl methyl sites for hydroxylation is 2. The van der Waals surface area contributed by atoms with Gasteiger partial charge in [-0.15, -0.1) is 0 Å². The van der Waals surface area contributed by atoms with E-state index in [0.717, 1.165) is 50.9 Å². The van der Waals surface area contributed by atoms with Gasteiger partial charge >= 0.3 is 0 Å². The van der Waals surface area contributed by atoms with Crippen LogP contribution in [0.25, 0.3) is 0 Å². The molecule has 4 heteroatoms. The van der Waals surface area contributed by atoms with Crippen molar-refractivity contribution in [1.29, 1.82) is 0 Å². The monoisotopic (exact) mass is 366 g/mol. The average molecular weight is 367 g/mol. The van der Waals surface area contributed by atoms with Crippen molar-refractivity contribution < 1.29 is 9.53 Å². The maximum atomic E-state index is 12.9. The Hall–Kier alpha value is -2.17. The fraction of sp³-hybridized carbons (Fsp3) is 0.435. The predicted molar refractivity (Wildman–Crippen MR) is 110 cm³/mol. The van der Waals surface area contributed by atoms with Gasteiger partial charge in [-0.3, -0.25) is 4.79 Å². The molecule has 2 aromatic carbocycles. The Kier molecular flexibility index (Phi) is 7.02.